The lowest BCUT2D eigenvalue weighted by Gasteiger charge is -2.23. The quantitative estimate of drug-likeness (QED) is 0.334. The van der Waals surface area contributed by atoms with Gasteiger partial charge in [0.05, 0.1) is 0 Å². The van der Waals surface area contributed by atoms with E-state index in [2.05, 4.69) is 6.92 Å². The molecule has 0 radical (unpaired) electrons. The molecule has 0 fully saturated rings. The fourth-order valence-electron chi connectivity index (χ4n) is 1.98. The summed E-state index contributed by atoms with van der Waals surface area (Å²) in [6.07, 6.45) is 7.50. The highest BCUT2D eigenvalue weighted by atomic mass is 35.6. The standard InChI is InChI=1S/C15H25ClO2Si/c1-3-4-5-6-7-11-14-19(16,17-2)18-15-12-9-8-10-13-15/h8-10,12-13H,3-7,11,14H2,1-2H3. The summed E-state index contributed by atoms with van der Waals surface area (Å²) in [7, 11) is -0.908. The van der Waals surface area contributed by atoms with Crippen molar-refractivity contribution in [1.29, 1.82) is 0 Å². The minimum absolute atomic E-state index is 0.803. The maximum Gasteiger partial charge on any atom is 0.505 e. The average molecular weight is 301 g/mol. The van der Waals surface area contributed by atoms with Gasteiger partial charge < -0.3 is 8.85 Å². The molecule has 1 aromatic rings. The van der Waals surface area contributed by atoms with Gasteiger partial charge in [-0.1, -0.05) is 68.3 Å². The van der Waals surface area contributed by atoms with E-state index in [-0.39, 0.29) is 0 Å². The monoisotopic (exact) mass is 300 g/mol. The van der Waals surface area contributed by atoms with Crippen LogP contribution in [0.15, 0.2) is 30.3 Å². The molecule has 0 N–H and O–H groups in total. The summed E-state index contributed by atoms with van der Waals surface area (Å²) in [6, 6.07) is 10.5. The van der Waals surface area contributed by atoms with Crippen molar-refractivity contribution in [2.75, 3.05) is 7.11 Å². The highest BCUT2D eigenvalue weighted by Gasteiger charge is 2.36. The van der Waals surface area contributed by atoms with E-state index >= 15 is 0 Å². The van der Waals surface area contributed by atoms with E-state index in [0.29, 0.717) is 0 Å². The van der Waals surface area contributed by atoms with Crippen LogP contribution < -0.4 is 4.43 Å². The van der Waals surface area contributed by atoms with Gasteiger partial charge in [0.25, 0.3) is 0 Å². The zero-order valence-electron chi connectivity index (χ0n) is 12.0. The van der Waals surface area contributed by atoms with E-state index in [4.69, 9.17) is 19.9 Å². The van der Waals surface area contributed by atoms with Gasteiger partial charge in [-0.05, 0) is 18.6 Å². The second kappa shape index (κ2) is 9.40. The van der Waals surface area contributed by atoms with Crippen molar-refractivity contribution in [3.63, 3.8) is 0 Å². The second-order valence-electron chi connectivity index (χ2n) is 4.80. The van der Waals surface area contributed by atoms with Crippen LogP contribution in [-0.2, 0) is 4.43 Å². The largest absolute Gasteiger partial charge is 0.510 e. The van der Waals surface area contributed by atoms with Crippen LogP contribution in [-0.4, -0.2) is 15.0 Å². The lowest BCUT2D eigenvalue weighted by Crippen LogP contribution is -2.38. The third-order valence-electron chi connectivity index (χ3n) is 3.15. The molecule has 19 heavy (non-hydrogen) atoms. The van der Waals surface area contributed by atoms with Crippen molar-refractivity contribution in [1.82, 2.24) is 0 Å². The number of benzene rings is 1. The van der Waals surface area contributed by atoms with Gasteiger partial charge in [-0.3, -0.25) is 0 Å². The highest BCUT2D eigenvalue weighted by Crippen LogP contribution is 2.25. The van der Waals surface area contributed by atoms with Crippen molar-refractivity contribution in [3.05, 3.63) is 30.3 Å². The Morgan fingerprint density at radius 2 is 1.63 bits per heavy atom. The maximum atomic E-state index is 6.49. The molecule has 4 heteroatoms. The second-order valence-corrected chi connectivity index (χ2v) is 8.96. The summed E-state index contributed by atoms with van der Waals surface area (Å²) in [6.45, 7) is 2.23. The van der Waals surface area contributed by atoms with Crippen molar-refractivity contribution in [3.8, 4) is 5.75 Å². The first kappa shape index (κ1) is 16.5. The summed E-state index contributed by atoms with van der Waals surface area (Å²) in [5, 5.41) is 0. The number of hydrogen-bond acceptors (Lipinski definition) is 2. The minimum atomic E-state index is -2.56. The first-order valence-electron chi connectivity index (χ1n) is 7.18. The minimum Gasteiger partial charge on any atom is -0.510 e. The van der Waals surface area contributed by atoms with Crippen LogP contribution in [0.3, 0.4) is 0 Å². The van der Waals surface area contributed by atoms with Gasteiger partial charge in [-0.2, -0.15) is 0 Å². The molecular weight excluding hydrogens is 276 g/mol. The third kappa shape index (κ3) is 6.99. The molecule has 0 aromatic heterocycles. The van der Waals surface area contributed by atoms with Crippen molar-refractivity contribution >= 4 is 18.9 Å². The number of halogens is 1. The first-order valence-corrected chi connectivity index (χ1v) is 10.2. The Bertz CT molecular complexity index is 334. The molecule has 0 bridgehead atoms. The van der Waals surface area contributed by atoms with Crippen LogP contribution in [0.4, 0.5) is 0 Å². The number of para-hydroxylation sites is 1. The van der Waals surface area contributed by atoms with Gasteiger partial charge in [-0.15, -0.1) is 0 Å². The first-order chi connectivity index (χ1) is 9.20. The molecule has 0 amide bonds. The molecule has 0 aliphatic rings. The van der Waals surface area contributed by atoms with Gasteiger partial charge >= 0.3 is 7.87 Å². The molecule has 108 valence electrons. The summed E-state index contributed by atoms with van der Waals surface area (Å²) >= 11 is 6.49. The maximum absolute atomic E-state index is 6.49. The number of unbranched alkanes of at least 4 members (excludes halogenated alkanes) is 5. The predicted octanol–water partition coefficient (Wildman–Crippen LogP) is 5.25. The van der Waals surface area contributed by atoms with Gasteiger partial charge in [0.1, 0.15) is 5.75 Å². The lowest BCUT2D eigenvalue weighted by molar-refractivity contribution is 0.319. The molecule has 0 aliphatic heterocycles. The summed E-state index contributed by atoms with van der Waals surface area (Å²) < 4.78 is 11.3. The van der Waals surface area contributed by atoms with Crippen LogP contribution in [0.2, 0.25) is 6.04 Å². The topological polar surface area (TPSA) is 18.5 Å². The summed E-state index contributed by atoms with van der Waals surface area (Å²) in [5.74, 6) is 0.803. The average Bonchev–Trinajstić information content (AvgIpc) is 2.44. The Morgan fingerprint density at radius 1 is 1.00 bits per heavy atom. The predicted molar refractivity (Wildman–Crippen MR) is 83.9 cm³/mol. The molecule has 0 aliphatic carbocycles. The molecule has 0 saturated heterocycles. The smallest absolute Gasteiger partial charge is 0.505 e. The molecule has 1 aromatic carbocycles. The molecule has 0 saturated carbocycles. The fraction of sp³-hybridized carbons (Fsp3) is 0.600. The Kier molecular flexibility index (Phi) is 8.18. The van der Waals surface area contributed by atoms with E-state index in [9.17, 15) is 0 Å². The molecule has 1 atom stereocenters. The van der Waals surface area contributed by atoms with Crippen LogP contribution in [0, 0.1) is 0 Å². The number of rotatable bonds is 10. The van der Waals surface area contributed by atoms with Gasteiger partial charge in [-0.25, -0.2) is 0 Å². The SMILES string of the molecule is CCCCCCCC[Si](Cl)(OC)Oc1ccccc1. The molecular formula is C15H25ClO2Si. The zero-order chi connectivity index (χ0) is 14.0. The fourth-order valence-corrected chi connectivity index (χ4v) is 4.19. The molecule has 0 spiro atoms. The Balaban J connectivity index is 2.30. The van der Waals surface area contributed by atoms with E-state index in [1.807, 2.05) is 30.3 Å². The molecule has 1 unspecified atom stereocenters. The van der Waals surface area contributed by atoms with Crippen LogP contribution in [0.25, 0.3) is 0 Å². The molecule has 0 heterocycles. The lowest BCUT2D eigenvalue weighted by atomic mass is 10.1. The third-order valence-corrected chi connectivity index (χ3v) is 6.51. The zero-order valence-corrected chi connectivity index (χ0v) is 13.8. The Morgan fingerprint density at radius 3 is 2.26 bits per heavy atom. The number of hydrogen-bond donors (Lipinski definition) is 0. The normalized spacial score (nSPS) is 14.1. The van der Waals surface area contributed by atoms with E-state index in [1.165, 1.54) is 32.1 Å². The highest BCUT2D eigenvalue weighted by molar-refractivity contribution is 7.13. The van der Waals surface area contributed by atoms with Crippen LogP contribution in [0.5, 0.6) is 5.75 Å². The van der Waals surface area contributed by atoms with Crippen LogP contribution in [0.1, 0.15) is 45.4 Å². The van der Waals surface area contributed by atoms with Crippen LogP contribution >= 0.6 is 11.1 Å². The van der Waals surface area contributed by atoms with Crippen molar-refractivity contribution in [2.45, 2.75) is 51.5 Å². The summed E-state index contributed by atoms with van der Waals surface area (Å²) in [5.41, 5.74) is 0. The van der Waals surface area contributed by atoms with E-state index < -0.39 is 7.87 Å². The van der Waals surface area contributed by atoms with Crippen molar-refractivity contribution in [2.24, 2.45) is 0 Å². The van der Waals surface area contributed by atoms with Gasteiger partial charge in [0.2, 0.25) is 0 Å². The summed E-state index contributed by atoms with van der Waals surface area (Å²) in [4.78, 5) is 0. The van der Waals surface area contributed by atoms with Crippen molar-refractivity contribution < 1.29 is 8.85 Å². The Labute approximate surface area is 123 Å². The van der Waals surface area contributed by atoms with E-state index in [0.717, 1.165) is 18.2 Å². The van der Waals surface area contributed by atoms with E-state index in [1.54, 1.807) is 7.11 Å². The van der Waals surface area contributed by atoms with Gasteiger partial charge in [0, 0.05) is 13.2 Å². The molecule has 1 rings (SSSR count). The molecule has 2 nitrogen and oxygen atoms in total. The van der Waals surface area contributed by atoms with Gasteiger partial charge in [0.15, 0.2) is 0 Å². The Hall–Kier alpha value is -0.513.